The van der Waals surface area contributed by atoms with Crippen LogP contribution in [0.25, 0.3) is 0 Å². The van der Waals surface area contributed by atoms with Crippen molar-refractivity contribution in [2.45, 2.75) is 10.8 Å². The van der Waals surface area contributed by atoms with Gasteiger partial charge in [0.05, 0.1) is 23.2 Å². The van der Waals surface area contributed by atoms with Crippen LogP contribution in [0.5, 0.6) is 0 Å². The van der Waals surface area contributed by atoms with Crippen LogP contribution in [0.3, 0.4) is 0 Å². The fraction of sp³-hybridized carbons (Fsp3) is 0.200. The highest BCUT2D eigenvalue weighted by Gasteiger charge is 2.06. The molecule has 0 aliphatic rings. The molecule has 0 bridgehead atoms. The molecule has 0 spiro atoms. The van der Waals surface area contributed by atoms with Crippen molar-refractivity contribution < 1.29 is 4.42 Å². The van der Waals surface area contributed by atoms with Crippen LogP contribution < -0.4 is 5.32 Å². The number of furan rings is 1. The first-order valence-corrected chi connectivity index (χ1v) is 6.01. The first kappa shape index (κ1) is 11.3. The van der Waals surface area contributed by atoms with Crippen molar-refractivity contribution in [2.24, 2.45) is 0 Å². The van der Waals surface area contributed by atoms with E-state index in [4.69, 9.17) is 16.0 Å². The molecular formula is C10H10ClN3OS. The number of hydrogen-bond donors (Lipinski definition) is 1. The third-order valence-corrected chi connectivity index (χ3v) is 3.27. The second-order valence-corrected chi connectivity index (χ2v) is 4.34. The number of halogens is 1. The van der Waals surface area contributed by atoms with E-state index in [0.717, 1.165) is 10.8 Å². The Balaban J connectivity index is 2.08. The van der Waals surface area contributed by atoms with Crippen molar-refractivity contribution in [1.82, 2.24) is 9.97 Å². The summed E-state index contributed by atoms with van der Waals surface area (Å²) in [6.07, 6.45) is 3.24. The van der Waals surface area contributed by atoms with Crippen molar-refractivity contribution in [2.75, 3.05) is 12.4 Å². The summed E-state index contributed by atoms with van der Waals surface area (Å²) in [7, 11) is 1.77. The maximum Gasteiger partial charge on any atom is 0.223 e. The Bertz CT molecular complexity index is 461. The summed E-state index contributed by atoms with van der Waals surface area (Å²) in [5.74, 6) is 2.16. The Morgan fingerprint density at radius 1 is 1.56 bits per heavy atom. The highest BCUT2D eigenvalue weighted by atomic mass is 35.5. The highest BCUT2D eigenvalue weighted by Crippen LogP contribution is 2.28. The van der Waals surface area contributed by atoms with Crippen LogP contribution in [0.4, 0.5) is 5.95 Å². The van der Waals surface area contributed by atoms with Gasteiger partial charge in [-0.05, 0) is 12.1 Å². The zero-order valence-corrected chi connectivity index (χ0v) is 10.2. The quantitative estimate of drug-likeness (QED) is 0.672. The van der Waals surface area contributed by atoms with Crippen LogP contribution in [-0.4, -0.2) is 17.0 Å². The van der Waals surface area contributed by atoms with Crippen molar-refractivity contribution in [3.8, 4) is 0 Å². The number of thioether (sulfide) groups is 1. The predicted octanol–water partition coefficient (Wildman–Crippen LogP) is 3.06. The second kappa shape index (κ2) is 5.23. The first-order chi connectivity index (χ1) is 7.79. The average molecular weight is 256 g/mol. The fourth-order valence-electron chi connectivity index (χ4n) is 1.11. The lowest BCUT2D eigenvalue weighted by molar-refractivity contribution is 0.530. The standard InChI is InChI=1S/C10H10ClN3OS/c1-12-10-13-5-8(11)9(14-10)16-6-7-3-2-4-15-7/h2-5H,6H2,1H3,(H,12,13,14). The lowest BCUT2D eigenvalue weighted by Crippen LogP contribution is -1.97. The van der Waals surface area contributed by atoms with E-state index in [0.29, 0.717) is 16.7 Å². The minimum Gasteiger partial charge on any atom is -0.468 e. The molecule has 0 unspecified atom stereocenters. The number of anilines is 1. The molecule has 0 aliphatic carbocycles. The molecule has 16 heavy (non-hydrogen) atoms. The summed E-state index contributed by atoms with van der Waals surface area (Å²) in [6, 6.07) is 3.78. The van der Waals surface area contributed by atoms with Crippen LogP contribution in [-0.2, 0) is 5.75 Å². The SMILES string of the molecule is CNc1ncc(Cl)c(SCc2ccco2)n1. The van der Waals surface area contributed by atoms with Crippen molar-refractivity contribution in [1.29, 1.82) is 0 Å². The van der Waals surface area contributed by atoms with E-state index in [1.807, 2.05) is 12.1 Å². The van der Waals surface area contributed by atoms with Gasteiger partial charge >= 0.3 is 0 Å². The molecule has 0 aliphatic heterocycles. The minimum atomic E-state index is 0.551. The molecule has 2 rings (SSSR count). The molecule has 0 amide bonds. The maximum atomic E-state index is 5.99. The van der Waals surface area contributed by atoms with Crippen molar-refractivity contribution in [3.05, 3.63) is 35.4 Å². The summed E-state index contributed by atoms with van der Waals surface area (Å²) in [4.78, 5) is 8.27. The molecule has 2 aromatic heterocycles. The van der Waals surface area contributed by atoms with Gasteiger partial charge in [0.15, 0.2) is 0 Å². The number of nitrogens with one attached hydrogen (secondary N) is 1. The zero-order valence-electron chi connectivity index (χ0n) is 8.61. The van der Waals surface area contributed by atoms with Gasteiger partial charge in [-0.1, -0.05) is 23.4 Å². The van der Waals surface area contributed by atoms with Gasteiger partial charge in [-0.2, -0.15) is 0 Å². The molecule has 2 aromatic rings. The van der Waals surface area contributed by atoms with E-state index in [9.17, 15) is 0 Å². The molecule has 6 heteroatoms. The molecule has 0 atom stereocenters. The Labute approximate surface area is 102 Å². The molecule has 1 N–H and O–H groups in total. The van der Waals surface area contributed by atoms with Gasteiger partial charge in [0.1, 0.15) is 10.8 Å². The molecule has 0 aromatic carbocycles. The normalized spacial score (nSPS) is 10.4. The van der Waals surface area contributed by atoms with Crippen molar-refractivity contribution in [3.63, 3.8) is 0 Å². The number of aromatic nitrogens is 2. The molecule has 4 nitrogen and oxygen atoms in total. The van der Waals surface area contributed by atoms with E-state index < -0.39 is 0 Å². The van der Waals surface area contributed by atoms with Gasteiger partial charge in [-0.3, -0.25) is 0 Å². The summed E-state index contributed by atoms with van der Waals surface area (Å²) >= 11 is 7.51. The topological polar surface area (TPSA) is 51.0 Å². The smallest absolute Gasteiger partial charge is 0.223 e. The summed E-state index contributed by atoms with van der Waals surface area (Å²) in [6.45, 7) is 0. The van der Waals surface area contributed by atoms with E-state index >= 15 is 0 Å². The summed E-state index contributed by atoms with van der Waals surface area (Å²) < 4.78 is 5.23. The fourth-order valence-corrected chi connectivity index (χ4v) is 2.15. The highest BCUT2D eigenvalue weighted by molar-refractivity contribution is 7.98. The van der Waals surface area contributed by atoms with E-state index in [1.165, 1.54) is 11.8 Å². The molecule has 0 radical (unpaired) electrons. The predicted molar refractivity (Wildman–Crippen MR) is 64.9 cm³/mol. The number of rotatable bonds is 4. The maximum absolute atomic E-state index is 5.99. The van der Waals surface area contributed by atoms with Crippen LogP contribution in [0.2, 0.25) is 5.02 Å². The third-order valence-electron chi connectivity index (χ3n) is 1.87. The van der Waals surface area contributed by atoms with Gasteiger partial charge < -0.3 is 9.73 Å². The monoisotopic (exact) mass is 255 g/mol. The molecule has 0 saturated carbocycles. The van der Waals surface area contributed by atoms with E-state index in [1.54, 1.807) is 19.5 Å². The largest absolute Gasteiger partial charge is 0.468 e. The zero-order chi connectivity index (χ0) is 11.4. The van der Waals surface area contributed by atoms with Crippen LogP contribution in [0, 0.1) is 0 Å². The van der Waals surface area contributed by atoms with Gasteiger partial charge in [0.25, 0.3) is 0 Å². The van der Waals surface area contributed by atoms with Gasteiger partial charge in [0.2, 0.25) is 5.95 Å². The van der Waals surface area contributed by atoms with E-state index in [-0.39, 0.29) is 0 Å². The molecule has 84 valence electrons. The minimum absolute atomic E-state index is 0.551. The molecular weight excluding hydrogens is 246 g/mol. The third kappa shape index (κ3) is 2.68. The average Bonchev–Trinajstić information content (AvgIpc) is 2.81. The van der Waals surface area contributed by atoms with Gasteiger partial charge in [0, 0.05) is 7.05 Å². The lowest BCUT2D eigenvalue weighted by Gasteiger charge is -2.03. The Morgan fingerprint density at radius 2 is 2.44 bits per heavy atom. The van der Waals surface area contributed by atoms with Crippen LogP contribution >= 0.6 is 23.4 Å². The summed E-state index contributed by atoms with van der Waals surface area (Å²) in [5.41, 5.74) is 0. The van der Waals surface area contributed by atoms with Crippen molar-refractivity contribution >= 4 is 29.3 Å². The van der Waals surface area contributed by atoms with Crippen LogP contribution in [0.15, 0.2) is 34.0 Å². The lowest BCUT2D eigenvalue weighted by atomic mass is 10.5. The Morgan fingerprint density at radius 3 is 3.12 bits per heavy atom. The van der Waals surface area contributed by atoms with Gasteiger partial charge in [-0.25, -0.2) is 9.97 Å². The summed E-state index contributed by atoms with van der Waals surface area (Å²) in [5, 5.41) is 4.17. The second-order valence-electron chi connectivity index (χ2n) is 2.96. The molecule has 0 saturated heterocycles. The van der Waals surface area contributed by atoms with E-state index in [2.05, 4.69) is 15.3 Å². The Kier molecular flexibility index (Phi) is 3.69. The van der Waals surface area contributed by atoms with Crippen LogP contribution in [0.1, 0.15) is 5.76 Å². The molecule has 2 heterocycles. The number of hydrogen-bond acceptors (Lipinski definition) is 5. The number of nitrogens with zero attached hydrogens (tertiary/aromatic N) is 2. The molecule has 0 fully saturated rings. The Hall–Kier alpha value is -1.20. The first-order valence-electron chi connectivity index (χ1n) is 4.65. The van der Waals surface area contributed by atoms with Gasteiger partial charge in [-0.15, -0.1) is 0 Å².